The Kier molecular flexibility index (Phi) is 6.06. The van der Waals surface area contributed by atoms with Crippen molar-refractivity contribution >= 4 is 23.3 Å². The molecule has 1 fully saturated rings. The Hall–Kier alpha value is -3.40. The lowest BCUT2D eigenvalue weighted by Gasteiger charge is -2.41. The molecule has 2 aromatic rings. The molecule has 1 unspecified atom stereocenters. The second-order valence-corrected chi connectivity index (χ2v) is 7.90. The van der Waals surface area contributed by atoms with Crippen LogP contribution >= 0.6 is 0 Å². The summed E-state index contributed by atoms with van der Waals surface area (Å²) in [6.45, 7) is 3.76. The maximum absolute atomic E-state index is 12.5. The van der Waals surface area contributed by atoms with Crippen molar-refractivity contribution in [1.29, 1.82) is 5.26 Å². The molecule has 0 aromatic heterocycles. The van der Waals surface area contributed by atoms with Crippen molar-refractivity contribution < 1.29 is 19.1 Å². The van der Waals surface area contributed by atoms with E-state index in [-0.39, 0.29) is 17.5 Å². The van der Waals surface area contributed by atoms with Crippen LogP contribution in [-0.2, 0) is 11.2 Å². The molecule has 6 nitrogen and oxygen atoms in total. The van der Waals surface area contributed by atoms with Gasteiger partial charge < -0.3 is 15.7 Å². The van der Waals surface area contributed by atoms with Crippen LogP contribution < -0.4 is 10.6 Å². The lowest BCUT2D eigenvalue weighted by Crippen LogP contribution is -2.48. The van der Waals surface area contributed by atoms with Crippen LogP contribution in [0.4, 0.5) is 15.8 Å². The SMILES string of the molecule is CC(=O)N1c2ccc(C(=O)O)cc2CC(C)[C@@H]1C1CC1.N#Cc1ccc(N)cc1F. The smallest absolute Gasteiger partial charge is 0.335 e. The average Bonchev–Trinajstić information content (AvgIpc) is 3.51. The summed E-state index contributed by atoms with van der Waals surface area (Å²) in [4.78, 5) is 25.1. The Morgan fingerprint density at radius 1 is 1.23 bits per heavy atom. The highest BCUT2D eigenvalue weighted by molar-refractivity contribution is 5.95. The predicted molar refractivity (Wildman–Crippen MR) is 111 cm³/mol. The lowest BCUT2D eigenvalue weighted by atomic mass is 9.83. The van der Waals surface area contributed by atoms with Crippen LogP contribution in [0.25, 0.3) is 0 Å². The molecule has 1 aliphatic carbocycles. The third-order valence-electron chi connectivity index (χ3n) is 5.57. The third-order valence-corrected chi connectivity index (χ3v) is 5.57. The number of benzene rings is 2. The molecular weight excluding hydrogens is 385 g/mol. The second-order valence-electron chi connectivity index (χ2n) is 7.90. The maximum Gasteiger partial charge on any atom is 0.335 e. The molecule has 2 aliphatic rings. The number of carbonyl (C=O) groups is 2. The summed E-state index contributed by atoms with van der Waals surface area (Å²) in [5.41, 5.74) is 7.76. The number of nitrogens with zero attached hydrogens (tertiary/aromatic N) is 2. The highest BCUT2D eigenvalue weighted by Crippen LogP contribution is 2.45. The van der Waals surface area contributed by atoms with Gasteiger partial charge in [0.15, 0.2) is 0 Å². The van der Waals surface area contributed by atoms with Crippen molar-refractivity contribution in [3.8, 4) is 6.07 Å². The Morgan fingerprint density at radius 2 is 1.93 bits per heavy atom. The van der Waals surface area contributed by atoms with Crippen molar-refractivity contribution in [2.75, 3.05) is 10.6 Å². The molecule has 0 spiro atoms. The number of carboxylic acids is 1. The number of halogens is 1. The first-order chi connectivity index (χ1) is 14.2. The topological polar surface area (TPSA) is 107 Å². The summed E-state index contributed by atoms with van der Waals surface area (Å²) in [7, 11) is 0. The Balaban J connectivity index is 0.000000216. The zero-order valence-electron chi connectivity index (χ0n) is 16.9. The Bertz CT molecular complexity index is 1030. The van der Waals surface area contributed by atoms with Crippen LogP contribution in [-0.4, -0.2) is 23.0 Å². The summed E-state index contributed by atoms with van der Waals surface area (Å²) in [5, 5.41) is 17.4. The van der Waals surface area contributed by atoms with Crippen LogP contribution in [0.5, 0.6) is 0 Å². The summed E-state index contributed by atoms with van der Waals surface area (Å²) >= 11 is 0. The van der Waals surface area contributed by atoms with E-state index in [9.17, 15) is 14.0 Å². The van der Waals surface area contributed by atoms with E-state index in [1.807, 2.05) is 4.90 Å². The second kappa shape index (κ2) is 8.54. The normalized spacial score (nSPS) is 19.7. The van der Waals surface area contributed by atoms with E-state index in [2.05, 4.69) is 6.92 Å². The fourth-order valence-corrected chi connectivity index (χ4v) is 4.11. The van der Waals surface area contributed by atoms with Crippen LogP contribution in [0.15, 0.2) is 36.4 Å². The van der Waals surface area contributed by atoms with Gasteiger partial charge in [-0.05, 0) is 73.1 Å². The van der Waals surface area contributed by atoms with Gasteiger partial charge in [0.1, 0.15) is 11.9 Å². The monoisotopic (exact) mass is 409 g/mol. The molecule has 1 heterocycles. The van der Waals surface area contributed by atoms with Gasteiger partial charge in [-0.2, -0.15) is 5.26 Å². The summed E-state index contributed by atoms with van der Waals surface area (Å²) in [6.07, 6.45) is 3.24. The molecule has 1 saturated carbocycles. The van der Waals surface area contributed by atoms with Crippen LogP contribution in [0.2, 0.25) is 0 Å². The minimum atomic E-state index is -0.917. The van der Waals surface area contributed by atoms with Gasteiger partial charge in [-0.1, -0.05) is 6.92 Å². The van der Waals surface area contributed by atoms with E-state index in [4.69, 9.17) is 16.1 Å². The predicted octanol–water partition coefficient (Wildman–Crippen LogP) is 3.99. The number of rotatable bonds is 2. The number of nitriles is 1. The number of anilines is 2. The molecule has 1 amide bonds. The van der Waals surface area contributed by atoms with Gasteiger partial charge in [0.25, 0.3) is 0 Å². The van der Waals surface area contributed by atoms with Crippen LogP contribution in [0.3, 0.4) is 0 Å². The number of hydrogen-bond donors (Lipinski definition) is 2. The molecule has 7 heteroatoms. The number of aromatic carboxylic acids is 1. The minimum absolute atomic E-state index is 0.0224. The largest absolute Gasteiger partial charge is 0.478 e. The molecule has 2 aromatic carbocycles. The molecule has 4 rings (SSSR count). The van der Waals surface area contributed by atoms with E-state index >= 15 is 0 Å². The lowest BCUT2D eigenvalue weighted by molar-refractivity contribution is -0.117. The molecule has 156 valence electrons. The van der Waals surface area contributed by atoms with Crippen molar-refractivity contribution in [1.82, 2.24) is 0 Å². The quantitative estimate of drug-likeness (QED) is 0.729. The van der Waals surface area contributed by atoms with Gasteiger partial charge in [0.2, 0.25) is 5.91 Å². The standard InChI is InChI=1S/C16H19NO3.C7H5FN2/c1-9-7-13-8-12(16(19)20)5-6-14(13)17(10(2)18)15(9)11-3-4-11;8-7-3-6(10)2-1-5(7)4-9/h5-6,8-9,11,15H,3-4,7H2,1-2H3,(H,19,20);1-3H,10H2/t9?,15-;/m1./s1. The van der Waals surface area contributed by atoms with E-state index < -0.39 is 11.8 Å². The van der Waals surface area contributed by atoms with Gasteiger partial charge >= 0.3 is 5.97 Å². The average molecular weight is 409 g/mol. The third kappa shape index (κ3) is 4.43. The van der Waals surface area contributed by atoms with E-state index in [1.54, 1.807) is 31.2 Å². The Morgan fingerprint density at radius 3 is 2.47 bits per heavy atom. The molecule has 3 N–H and O–H groups in total. The van der Waals surface area contributed by atoms with Crippen LogP contribution in [0.1, 0.15) is 48.2 Å². The molecule has 0 saturated heterocycles. The molecule has 2 atom stereocenters. The van der Waals surface area contributed by atoms with Crippen molar-refractivity contribution in [2.45, 2.75) is 39.2 Å². The van der Waals surface area contributed by atoms with Crippen molar-refractivity contribution in [2.24, 2.45) is 11.8 Å². The highest BCUT2D eigenvalue weighted by atomic mass is 19.1. The number of fused-ring (bicyclic) bond motifs is 1. The van der Waals surface area contributed by atoms with E-state index in [0.717, 1.165) is 23.7 Å². The number of amides is 1. The summed E-state index contributed by atoms with van der Waals surface area (Å²) < 4.78 is 12.5. The molecule has 1 aliphatic heterocycles. The van der Waals surface area contributed by atoms with Gasteiger partial charge in [-0.3, -0.25) is 4.79 Å². The number of carboxylic acid groups (broad SMARTS) is 1. The zero-order valence-corrected chi connectivity index (χ0v) is 16.9. The molecule has 30 heavy (non-hydrogen) atoms. The van der Waals surface area contributed by atoms with Gasteiger partial charge in [-0.25, -0.2) is 9.18 Å². The minimum Gasteiger partial charge on any atom is -0.478 e. The maximum atomic E-state index is 12.5. The fraction of sp³-hybridized carbons (Fsp3) is 0.348. The number of carbonyl (C=O) groups excluding carboxylic acids is 1. The fourth-order valence-electron chi connectivity index (χ4n) is 4.11. The number of nitrogens with two attached hydrogens (primary N) is 1. The van der Waals surface area contributed by atoms with Crippen molar-refractivity contribution in [3.05, 3.63) is 58.9 Å². The number of hydrogen-bond acceptors (Lipinski definition) is 4. The van der Waals surface area contributed by atoms with Gasteiger partial charge in [0, 0.05) is 24.3 Å². The summed E-state index contributed by atoms with van der Waals surface area (Å²) in [5.74, 6) is -0.441. The Labute approximate surface area is 174 Å². The molecule has 0 radical (unpaired) electrons. The first kappa shape index (κ1) is 21.3. The highest BCUT2D eigenvalue weighted by Gasteiger charge is 2.43. The molecular formula is C23H24FN3O3. The zero-order chi connectivity index (χ0) is 22.0. The molecule has 0 bridgehead atoms. The first-order valence-electron chi connectivity index (χ1n) is 9.84. The number of nitrogen functional groups attached to an aromatic ring is 1. The summed E-state index contributed by atoms with van der Waals surface area (Å²) in [6, 6.07) is 11.0. The van der Waals surface area contributed by atoms with Gasteiger partial charge in [0.05, 0.1) is 11.1 Å². The van der Waals surface area contributed by atoms with E-state index in [0.29, 0.717) is 23.1 Å². The van der Waals surface area contributed by atoms with Gasteiger partial charge in [-0.15, -0.1) is 0 Å². The van der Waals surface area contributed by atoms with Crippen molar-refractivity contribution in [3.63, 3.8) is 0 Å². The van der Waals surface area contributed by atoms with E-state index in [1.165, 1.54) is 25.0 Å². The first-order valence-corrected chi connectivity index (χ1v) is 9.84. The van der Waals surface area contributed by atoms with Crippen LogP contribution in [0, 0.1) is 29.0 Å².